The first kappa shape index (κ1) is 15.3. The minimum absolute atomic E-state index is 0.134. The van der Waals surface area contributed by atoms with E-state index in [9.17, 15) is 11.0 Å². The molecular formula is C48H32N2. The predicted molar refractivity (Wildman–Crippen MR) is 211 cm³/mol. The van der Waals surface area contributed by atoms with Crippen LogP contribution in [-0.2, 0) is 0 Å². The van der Waals surface area contributed by atoms with Crippen LogP contribution >= 0.6 is 0 Å². The van der Waals surface area contributed by atoms with E-state index in [0.29, 0.717) is 16.8 Å². The molecule has 2 heteroatoms. The summed E-state index contributed by atoms with van der Waals surface area (Å²) in [6, 6.07) is 10.2. The van der Waals surface area contributed by atoms with Crippen LogP contribution in [0.2, 0.25) is 0 Å². The highest BCUT2D eigenvalue weighted by molar-refractivity contribution is 6.12. The largest absolute Gasteiger partial charge is 0.309 e. The molecule has 10 rings (SSSR count). The summed E-state index contributed by atoms with van der Waals surface area (Å²) in [6.07, 6.45) is 0. The molecule has 0 N–H and O–H groups in total. The number of hydrogen-bond donors (Lipinski definition) is 0. The van der Waals surface area contributed by atoms with Gasteiger partial charge in [-0.25, -0.2) is 0 Å². The molecule has 0 aliphatic carbocycles. The van der Waals surface area contributed by atoms with Gasteiger partial charge in [-0.05, 0) is 99.9 Å². The Morgan fingerprint density at radius 3 is 1.28 bits per heavy atom. The molecule has 0 spiro atoms. The van der Waals surface area contributed by atoms with Gasteiger partial charge in [0.05, 0.1) is 48.1 Å². The van der Waals surface area contributed by atoms with Crippen molar-refractivity contribution in [3.05, 3.63) is 194 Å². The second-order valence-electron chi connectivity index (χ2n) is 11.5. The van der Waals surface area contributed by atoms with Gasteiger partial charge in [-0.15, -0.1) is 0 Å². The first-order valence-corrected chi connectivity index (χ1v) is 15.6. The highest BCUT2D eigenvalue weighted by Gasteiger charge is 2.17. The number of benzene rings is 8. The quantitative estimate of drug-likeness (QED) is 0.175. The summed E-state index contributed by atoms with van der Waals surface area (Å²) in [5.74, 6) is 0. The molecule has 0 saturated carbocycles. The van der Waals surface area contributed by atoms with Crippen LogP contribution in [0.5, 0.6) is 0 Å². The molecule has 0 saturated heterocycles. The maximum atomic E-state index is 9.92. The normalized spacial score (nSPS) is 16.9. The lowest BCUT2D eigenvalue weighted by Crippen LogP contribution is -1.96. The number of nitrogens with zero attached hydrogens (tertiary/aromatic N) is 2. The van der Waals surface area contributed by atoms with Gasteiger partial charge in [-0.2, -0.15) is 0 Å². The third kappa shape index (κ3) is 4.57. The van der Waals surface area contributed by atoms with Crippen LogP contribution in [0, 0.1) is 0 Å². The number of aromatic nitrogens is 2. The molecule has 2 nitrogen and oxygen atoms in total. The molecule has 0 bridgehead atoms. The Kier molecular flexibility index (Phi) is 3.52. The Labute approximate surface area is 317 Å². The molecular weight excluding hydrogens is 605 g/mol. The average Bonchev–Trinajstić information content (AvgIpc) is 3.91. The van der Waals surface area contributed by atoms with E-state index in [1.165, 1.54) is 4.57 Å². The average molecular weight is 656 g/mol. The zero-order chi connectivity index (χ0) is 49.6. The Balaban J connectivity index is 1.39. The summed E-state index contributed by atoms with van der Waals surface area (Å²) < 4.78 is 174. The molecule has 8 aromatic carbocycles. The molecule has 0 amide bonds. The smallest absolute Gasteiger partial charge is 0.0645 e. The molecule has 0 radical (unpaired) electrons. The predicted octanol–water partition coefficient (Wildman–Crippen LogP) is 12.9. The van der Waals surface area contributed by atoms with Gasteiger partial charge in [0.2, 0.25) is 0 Å². The molecule has 0 aliphatic rings. The number of para-hydroxylation sites is 3. The van der Waals surface area contributed by atoms with Crippen LogP contribution in [0.15, 0.2) is 194 Å². The van der Waals surface area contributed by atoms with Gasteiger partial charge in [0.1, 0.15) is 0 Å². The van der Waals surface area contributed by atoms with E-state index >= 15 is 0 Å². The van der Waals surface area contributed by atoms with Crippen LogP contribution in [0.25, 0.3) is 88.4 Å². The van der Waals surface area contributed by atoms with E-state index in [-0.39, 0.29) is 21.8 Å². The minimum atomic E-state index is -0.853. The Morgan fingerprint density at radius 1 is 0.320 bits per heavy atom. The van der Waals surface area contributed by atoms with Gasteiger partial charge in [0, 0.05) is 32.9 Å². The topological polar surface area (TPSA) is 9.86 Å². The molecule has 10 aromatic rings. The number of fused-ring (bicyclic) bond motifs is 6. The van der Waals surface area contributed by atoms with E-state index in [1.54, 1.807) is 12.1 Å². The monoisotopic (exact) mass is 655 g/mol. The van der Waals surface area contributed by atoms with E-state index in [1.807, 2.05) is 66.7 Å². The molecule has 0 atom stereocenters. The zero-order valence-corrected chi connectivity index (χ0v) is 25.9. The summed E-state index contributed by atoms with van der Waals surface area (Å²) in [7, 11) is 0. The second kappa shape index (κ2) is 11.5. The van der Waals surface area contributed by atoms with Crippen molar-refractivity contribution in [3.63, 3.8) is 0 Å². The fourth-order valence-corrected chi connectivity index (χ4v) is 6.45. The van der Waals surface area contributed by atoms with Crippen molar-refractivity contribution in [2.75, 3.05) is 0 Å². The Morgan fingerprint density at radius 2 is 0.760 bits per heavy atom. The second-order valence-corrected chi connectivity index (χ2v) is 11.5. The maximum absolute atomic E-state index is 9.92. The molecule has 2 aromatic heterocycles. The molecule has 2 heterocycles. The Bertz CT molecular complexity index is 3850. The van der Waals surface area contributed by atoms with E-state index < -0.39 is 153 Å². The van der Waals surface area contributed by atoms with Gasteiger partial charge in [-0.3, -0.25) is 0 Å². The van der Waals surface area contributed by atoms with Crippen molar-refractivity contribution < 1.29 is 26.0 Å². The van der Waals surface area contributed by atoms with Gasteiger partial charge in [0.25, 0.3) is 0 Å². The highest BCUT2D eigenvalue weighted by Crippen LogP contribution is 2.39. The maximum Gasteiger partial charge on any atom is 0.0645 e. The fraction of sp³-hybridized carbons (Fsp3) is 0. The van der Waals surface area contributed by atoms with Crippen LogP contribution in [0.4, 0.5) is 0 Å². The van der Waals surface area contributed by atoms with Gasteiger partial charge in [-0.1, -0.05) is 127 Å². The molecule has 0 aliphatic heterocycles. The van der Waals surface area contributed by atoms with Crippen molar-refractivity contribution in [2.24, 2.45) is 0 Å². The van der Waals surface area contributed by atoms with E-state index in [2.05, 4.69) is 0 Å². The van der Waals surface area contributed by atoms with Gasteiger partial charge >= 0.3 is 0 Å². The first-order chi connectivity index (χ1) is 32.7. The number of hydrogen-bond acceptors (Lipinski definition) is 0. The van der Waals surface area contributed by atoms with Crippen molar-refractivity contribution in [2.45, 2.75) is 0 Å². The minimum Gasteiger partial charge on any atom is -0.309 e. The van der Waals surface area contributed by atoms with E-state index in [0.717, 1.165) is 15.7 Å². The van der Waals surface area contributed by atoms with Gasteiger partial charge < -0.3 is 9.13 Å². The van der Waals surface area contributed by atoms with Crippen LogP contribution < -0.4 is 0 Å². The first-order valence-electron chi connectivity index (χ1n) is 25.1. The summed E-state index contributed by atoms with van der Waals surface area (Å²) in [6.45, 7) is 0. The molecule has 0 unspecified atom stereocenters. The summed E-state index contributed by atoms with van der Waals surface area (Å²) in [5, 5.41) is -1.32. The van der Waals surface area contributed by atoms with Crippen molar-refractivity contribution >= 4 is 43.6 Å². The van der Waals surface area contributed by atoms with E-state index in [4.69, 9.17) is 15.1 Å². The zero-order valence-electron chi connectivity index (χ0n) is 44.9. The SMILES string of the molecule is [2H]c1c([2H])c([2H])c(-n2c3c([2H])c([2H])c([2H])c([2H])c3c3c([2H])c(-c4c([2H])c([2H])c5c(c4[2H])c4c([2H])c([2H])c([2H])c([2H])c4n5-c4cc(-c5ccccc5)cc(-c5ccccc5)c4)c([2H])c([2H])c32)c([2H])c1[2H]. The summed E-state index contributed by atoms with van der Waals surface area (Å²) >= 11 is 0. The molecule has 234 valence electrons. The molecule has 50 heavy (non-hydrogen) atoms. The fourth-order valence-electron chi connectivity index (χ4n) is 6.45. The van der Waals surface area contributed by atoms with Crippen LogP contribution in [0.1, 0.15) is 26.0 Å². The lowest BCUT2D eigenvalue weighted by atomic mass is 9.98. The standard InChI is InChI=1S/C48H32N2/c1-4-14-33(15-5-1)37-28-38(34-16-6-2-7-17-34)30-40(29-37)50-46-23-13-11-21-42(46)44-32-36(25-27-48(44)50)35-24-26-47-43(31-35)41-20-10-12-22-45(41)49(47)39-18-8-3-9-19-39/h1-32H/i3D,8D,9D,10D,11D,12D,13D,18D,19D,20D,21D,22D,23D,24D,25D,26D,27D,31D,32D. The molecule has 0 fully saturated rings. The summed E-state index contributed by atoms with van der Waals surface area (Å²) in [5.41, 5.74) is 0.190. The summed E-state index contributed by atoms with van der Waals surface area (Å²) in [4.78, 5) is 0. The van der Waals surface area contributed by atoms with Crippen LogP contribution in [0.3, 0.4) is 0 Å². The van der Waals surface area contributed by atoms with Crippen molar-refractivity contribution in [1.82, 2.24) is 9.13 Å². The highest BCUT2D eigenvalue weighted by atomic mass is 15.0. The van der Waals surface area contributed by atoms with Crippen LogP contribution in [-0.4, -0.2) is 9.13 Å². The van der Waals surface area contributed by atoms with Gasteiger partial charge in [0.15, 0.2) is 0 Å². The number of rotatable bonds is 5. The lowest BCUT2D eigenvalue weighted by molar-refractivity contribution is 1.18. The Hall–Kier alpha value is -6.64. The third-order valence-corrected chi connectivity index (χ3v) is 8.67. The van der Waals surface area contributed by atoms with Crippen molar-refractivity contribution in [3.8, 4) is 44.8 Å². The lowest BCUT2D eigenvalue weighted by Gasteiger charge is -2.14. The van der Waals surface area contributed by atoms with Crippen molar-refractivity contribution in [1.29, 1.82) is 0 Å². The third-order valence-electron chi connectivity index (χ3n) is 8.67.